The minimum atomic E-state index is 0.0677. The van der Waals surface area contributed by atoms with Gasteiger partial charge in [0.15, 0.2) is 10.6 Å². The van der Waals surface area contributed by atoms with Crippen LogP contribution in [0, 0.1) is 4.77 Å². The number of rotatable bonds is 5. The second-order valence-corrected chi connectivity index (χ2v) is 7.79. The number of amides is 1. The number of H-pyrrole nitrogens is 1. The van der Waals surface area contributed by atoms with Gasteiger partial charge in [-0.05, 0) is 60.8 Å². The zero-order valence-electron chi connectivity index (χ0n) is 14.9. The zero-order valence-corrected chi connectivity index (χ0v) is 16.6. The van der Waals surface area contributed by atoms with Gasteiger partial charge in [0, 0.05) is 17.0 Å². The zero-order chi connectivity index (χ0) is 18.8. The first-order valence-corrected chi connectivity index (χ1v) is 10.1. The lowest BCUT2D eigenvalue weighted by Gasteiger charge is -2.24. The fourth-order valence-electron chi connectivity index (χ4n) is 3.49. The number of nitrogens with zero attached hydrogens (tertiary/aromatic N) is 3. The molecule has 1 saturated heterocycles. The molecule has 1 aliphatic heterocycles. The van der Waals surface area contributed by atoms with Gasteiger partial charge in [-0.1, -0.05) is 6.07 Å². The van der Waals surface area contributed by atoms with Crippen LogP contribution in [-0.2, 0) is 11.3 Å². The van der Waals surface area contributed by atoms with Crippen LogP contribution >= 0.6 is 23.6 Å². The number of benzene rings is 1. The van der Waals surface area contributed by atoms with E-state index in [1.807, 2.05) is 35.2 Å². The van der Waals surface area contributed by atoms with Crippen molar-refractivity contribution in [3.63, 3.8) is 0 Å². The van der Waals surface area contributed by atoms with Crippen molar-refractivity contribution in [2.75, 3.05) is 13.7 Å². The van der Waals surface area contributed by atoms with E-state index in [-0.39, 0.29) is 18.5 Å². The number of ether oxygens (including phenoxy) is 1. The van der Waals surface area contributed by atoms with E-state index in [0.29, 0.717) is 10.6 Å². The summed E-state index contributed by atoms with van der Waals surface area (Å²) in [5.41, 5.74) is 0.882. The molecule has 27 heavy (non-hydrogen) atoms. The van der Waals surface area contributed by atoms with Crippen molar-refractivity contribution in [3.05, 3.63) is 51.4 Å². The number of nitrogens with one attached hydrogen (secondary N) is 1. The fourth-order valence-corrected chi connectivity index (χ4v) is 4.56. The summed E-state index contributed by atoms with van der Waals surface area (Å²) in [6.45, 7) is 0.961. The van der Waals surface area contributed by atoms with Crippen LogP contribution in [0.4, 0.5) is 0 Å². The number of likely N-dealkylation sites (tertiary alicyclic amines) is 1. The predicted molar refractivity (Wildman–Crippen MR) is 107 cm³/mol. The van der Waals surface area contributed by atoms with Gasteiger partial charge in [-0.2, -0.15) is 5.10 Å². The Hall–Kier alpha value is -2.45. The number of carbonyl (C=O) groups is 1. The maximum atomic E-state index is 13.1. The van der Waals surface area contributed by atoms with Crippen LogP contribution in [0.2, 0.25) is 0 Å². The SMILES string of the molecule is COc1ccc(-c2n[nH]c(=S)n2CC(=O)N2CCCC2c2cccs2)cc1. The molecule has 0 aliphatic carbocycles. The number of aromatic amines is 1. The van der Waals surface area contributed by atoms with Gasteiger partial charge in [0.05, 0.1) is 13.2 Å². The molecule has 8 heteroatoms. The van der Waals surface area contributed by atoms with Crippen molar-refractivity contribution in [2.24, 2.45) is 0 Å². The van der Waals surface area contributed by atoms with Crippen LogP contribution in [0.15, 0.2) is 41.8 Å². The summed E-state index contributed by atoms with van der Waals surface area (Å²) in [6.07, 6.45) is 2.03. The highest BCUT2D eigenvalue weighted by Crippen LogP contribution is 2.34. The summed E-state index contributed by atoms with van der Waals surface area (Å²) in [5, 5.41) is 9.20. The lowest BCUT2D eigenvalue weighted by atomic mass is 10.2. The molecule has 1 atom stereocenters. The maximum Gasteiger partial charge on any atom is 0.243 e. The molecule has 0 spiro atoms. The molecule has 6 nitrogen and oxygen atoms in total. The van der Waals surface area contributed by atoms with Crippen molar-refractivity contribution in [2.45, 2.75) is 25.4 Å². The third-order valence-corrected chi connectivity index (χ3v) is 6.13. The van der Waals surface area contributed by atoms with Crippen molar-refractivity contribution in [1.29, 1.82) is 0 Å². The summed E-state index contributed by atoms with van der Waals surface area (Å²) in [6, 6.07) is 11.9. The van der Waals surface area contributed by atoms with E-state index < -0.39 is 0 Å². The van der Waals surface area contributed by atoms with E-state index in [9.17, 15) is 4.79 Å². The standard InChI is InChI=1S/C19H20N4O2S2/c1-25-14-8-6-13(7-9-14)18-20-21-19(26)23(18)12-17(24)22-10-2-4-15(22)16-5-3-11-27-16/h3,5-9,11,15H,2,4,10,12H2,1H3,(H,21,26). The van der Waals surface area contributed by atoms with Crippen molar-refractivity contribution >= 4 is 29.5 Å². The van der Waals surface area contributed by atoms with Crippen LogP contribution < -0.4 is 4.74 Å². The van der Waals surface area contributed by atoms with E-state index in [0.717, 1.165) is 30.7 Å². The molecule has 2 aromatic heterocycles. The monoisotopic (exact) mass is 400 g/mol. The lowest BCUT2D eigenvalue weighted by Crippen LogP contribution is -2.33. The van der Waals surface area contributed by atoms with Gasteiger partial charge >= 0.3 is 0 Å². The summed E-state index contributed by atoms with van der Waals surface area (Å²) < 4.78 is 7.42. The minimum Gasteiger partial charge on any atom is -0.497 e. The first-order chi connectivity index (χ1) is 13.2. The van der Waals surface area contributed by atoms with Crippen LogP contribution in [-0.4, -0.2) is 39.2 Å². The van der Waals surface area contributed by atoms with E-state index in [4.69, 9.17) is 17.0 Å². The average Bonchev–Trinajstić information content (AvgIpc) is 3.43. The largest absolute Gasteiger partial charge is 0.497 e. The van der Waals surface area contributed by atoms with Gasteiger partial charge in [0.2, 0.25) is 5.91 Å². The van der Waals surface area contributed by atoms with E-state index in [1.54, 1.807) is 23.0 Å². The predicted octanol–water partition coefficient (Wildman–Crippen LogP) is 4.04. The van der Waals surface area contributed by atoms with Gasteiger partial charge in [-0.25, -0.2) is 0 Å². The minimum absolute atomic E-state index is 0.0677. The first kappa shape index (κ1) is 17.9. The highest BCUT2D eigenvalue weighted by molar-refractivity contribution is 7.71. The summed E-state index contributed by atoms with van der Waals surface area (Å²) in [4.78, 5) is 16.3. The molecule has 140 valence electrons. The number of aromatic nitrogens is 3. The Morgan fingerprint density at radius 3 is 2.89 bits per heavy atom. The fraction of sp³-hybridized carbons (Fsp3) is 0.316. The number of hydrogen-bond acceptors (Lipinski definition) is 5. The van der Waals surface area contributed by atoms with Gasteiger partial charge in [-0.3, -0.25) is 14.5 Å². The highest BCUT2D eigenvalue weighted by atomic mass is 32.1. The topological polar surface area (TPSA) is 63.1 Å². The number of carbonyl (C=O) groups excluding carboxylic acids is 1. The summed E-state index contributed by atoms with van der Waals surface area (Å²) >= 11 is 7.08. The van der Waals surface area contributed by atoms with Gasteiger partial charge < -0.3 is 9.64 Å². The van der Waals surface area contributed by atoms with Crippen LogP contribution in [0.5, 0.6) is 5.75 Å². The second kappa shape index (κ2) is 7.66. The molecule has 0 saturated carbocycles. The smallest absolute Gasteiger partial charge is 0.243 e. The maximum absolute atomic E-state index is 13.1. The van der Waals surface area contributed by atoms with Crippen LogP contribution in [0.25, 0.3) is 11.4 Å². The molecule has 0 bridgehead atoms. The molecule has 1 amide bonds. The number of methoxy groups -OCH3 is 1. The Balaban J connectivity index is 1.58. The average molecular weight is 401 g/mol. The lowest BCUT2D eigenvalue weighted by molar-refractivity contribution is -0.132. The Morgan fingerprint density at radius 1 is 1.37 bits per heavy atom. The molecule has 1 unspecified atom stereocenters. The molecule has 3 aromatic rings. The Bertz CT molecular complexity index is 976. The van der Waals surface area contributed by atoms with Crippen molar-refractivity contribution in [3.8, 4) is 17.1 Å². The molecule has 1 N–H and O–H groups in total. The van der Waals surface area contributed by atoms with Gasteiger partial charge in [0.25, 0.3) is 0 Å². The third-order valence-electron chi connectivity index (χ3n) is 4.84. The Labute approximate surface area is 166 Å². The molecule has 1 aromatic carbocycles. The quantitative estimate of drug-likeness (QED) is 0.657. The van der Waals surface area contributed by atoms with Crippen LogP contribution in [0.3, 0.4) is 0 Å². The molecule has 3 heterocycles. The normalized spacial score (nSPS) is 16.6. The van der Waals surface area contributed by atoms with E-state index >= 15 is 0 Å². The third kappa shape index (κ3) is 3.54. The van der Waals surface area contributed by atoms with Crippen molar-refractivity contribution in [1.82, 2.24) is 19.7 Å². The van der Waals surface area contributed by atoms with Crippen molar-refractivity contribution < 1.29 is 9.53 Å². The Kier molecular flexibility index (Phi) is 5.09. The number of hydrogen-bond donors (Lipinski definition) is 1. The van der Waals surface area contributed by atoms with E-state index in [2.05, 4.69) is 21.6 Å². The highest BCUT2D eigenvalue weighted by Gasteiger charge is 2.31. The summed E-state index contributed by atoms with van der Waals surface area (Å²) in [5.74, 6) is 1.49. The second-order valence-electron chi connectivity index (χ2n) is 6.43. The molecule has 4 rings (SSSR count). The molecular formula is C19H20N4O2S2. The molecule has 1 fully saturated rings. The first-order valence-electron chi connectivity index (χ1n) is 8.80. The number of thiophene rings is 1. The Morgan fingerprint density at radius 2 is 2.19 bits per heavy atom. The van der Waals surface area contributed by atoms with E-state index in [1.165, 1.54) is 4.88 Å². The van der Waals surface area contributed by atoms with Gasteiger partial charge in [0.1, 0.15) is 12.3 Å². The molecular weight excluding hydrogens is 380 g/mol. The summed E-state index contributed by atoms with van der Waals surface area (Å²) in [7, 11) is 1.63. The molecule has 1 aliphatic rings. The molecule has 0 radical (unpaired) electrons. The van der Waals surface area contributed by atoms with Gasteiger partial charge in [-0.15, -0.1) is 11.3 Å². The van der Waals surface area contributed by atoms with Crippen LogP contribution in [0.1, 0.15) is 23.8 Å².